The molecule has 1 aromatic heterocycles. The van der Waals surface area contributed by atoms with Crippen molar-refractivity contribution in [3.8, 4) is 0 Å². The fourth-order valence-corrected chi connectivity index (χ4v) is 3.33. The third-order valence-corrected chi connectivity index (χ3v) is 5.03. The molecule has 3 N–H and O–H groups in total. The van der Waals surface area contributed by atoms with Gasteiger partial charge in [-0.25, -0.2) is 9.97 Å². The van der Waals surface area contributed by atoms with E-state index >= 15 is 0 Å². The number of nitrogens with one attached hydrogen (secondary N) is 1. The largest absolute Gasteiger partial charge is 0.393 e. The zero-order valence-corrected chi connectivity index (χ0v) is 14.7. The van der Waals surface area contributed by atoms with Gasteiger partial charge in [0, 0.05) is 12.2 Å². The van der Waals surface area contributed by atoms with E-state index in [1.165, 1.54) is 11.9 Å². The number of hydrogen-bond acceptors (Lipinski definition) is 5. The lowest BCUT2D eigenvalue weighted by Crippen LogP contribution is -2.17. The lowest BCUT2D eigenvalue weighted by molar-refractivity contribution is 0.967. The van der Waals surface area contributed by atoms with Crippen molar-refractivity contribution in [1.82, 2.24) is 9.97 Å². The first kappa shape index (κ1) is 16.0. The lowest BCUT2D eigenvalue weighted by Gasteiger charge is -2.21. The van der Waals surface area contributed by atoms with E-state index in [4.69, 9.17) is 28.9 Å². The highest BCUT2D eigenvalue weighted by Gasteiger charge is 2.24. The number of anilines is 5. The van der Waals surface area contributed by atoms with Crippen LogP contribution in [0.4, 0.5) is 28.7 Å². The Morgan fingerprint density at radius 1 is 1.04 bits per heavy atom. The van der Waals surface area contributed by atoms with Gasteiger partial charge in [-0.3, -0.25) is 0 Å². The van der Waals surface area contributed by atoms with Gasteiger partial charge >= 0.3 is 0 Å². The SMILES string of the molecule is Nc1c(Nc2cccc(Cl)c2Cl)ncnc1N1CCc2ccccc21. The van der Waals surface area contributed by atoms with Crippen LogP contribution >= 0.6 is 23.2 Å². The monoisotopic (exact) mass is 371 g/mol. The zero-order chi connectivity index (χ0) is 17.4. The van der Waals surface area contributed by atoms with Gasteiger partial charge in [0.15, 0.2) is 11.6 Å². The van der Waals surface area contributed by atoms with E-state index < -0.39 is 0 Å². The number of nitrogens with two attached hydrogens (primary N) is 1. The minimum Gasteiger partial charge on any atom is -0.393 e. The first-order valence-corrected chi connectivity index (χ1v) is 8.57. The van der Waals surface area contributed by atoms with Crippen LogP contribution in [0.1, 0.15) is 5.56 Å². The molecule has 0 unspecified atom stereocenters. The molecule has 4 rings (SSSR count). The summed E-state index contributed by atoms with van der Waals surface area (Å²) in [6.45, 7) is 0.831. The Kier molecular flexibility index (Phi) is 4.11. The van der Waals surface area contributed by atoms with Crippen LogP contribution in [0.5, 0.6) is 0 Å². The van der Waals surface area contributed by atoms with Crippen molar-refractivity contribution in [3.05, 3.63) is 64.4 Å². The number of para-hydroxylation sites is 1. The maximum Gasteiger partial charge on any atom is 0.161 e. The van der Waals surface area contributed by atoms with Gasteiger partial charge < -0.3 is 16.0 Å². The van der Waals surface area contributed by atoms with E-state index in [1.54, 1.807) is 6.07 Å². The molecule has 1 aliphatic rings. The Balaban J connectivity index is 1.71. The van der Waals surface area contributed by atoms with Crippen LogP contribution in [0, 0.1) is 0 Å². The molecule has 0 bridgehead atoms. The molecule has 2 heterocycles. The zero-order valence-electron chi connectivity index (χ0n) is 13.2. The van der Waals surface area contributed by atoms with Gasteiger partial charge in [-0.1, -0.05) is 47.5 Å². The van der Waals surface area contributed by atoms with Gasteiger partial charge in [-0.15, -0.1) is 0 Å². The van der Waals surface area contributed by atoms with Crippen molar-refractivity contribution >= 4 is 51.9 Å². The molecule has 126 valence electrons. The highest BCUT2D eigenvalue weighted by Crippen LogP contribution is 2.39. The Morgan fingerprint density at radius 3 is 2.76 bits per heavy atom. The Bertz CT molecular complexity index is 944. The van der Waals surface area contributed by atoms with E-state index in [0.717, 1.165) is 18.7 Å². The second-order valence-electron chi connectivity index (χ2n) is 5.72. The maximum absolute atomic E-state index is 6.35. The van der Waals surface area contributed by atoms with E-state index in [-0.39, 0.29) is 0 Å². The molecule has 5 nitrogen and oxygen atoms in total. The predicted molar refractivity (Wildman–Crippen MR) is 103 cm³/mol. The van der Waals surface area contributed by atoms with Crippen molar-refractivity contribution in [2.75, 3.05) is 22.5 Å². The third kappa shape index (κ3) is 2.86. The Morgan fingerprint density at radius 2 is 1.88 bits per heavy atom. The molecule has 0 spiro atoms. The topological polar surface area (TPSA) is 67.1 Å². The van der Waals surface area contributed by atoms with E-state index in [1.807, 2.05) is 24.3 Å². The summed E-state index contributed by atoms with van der Waals surface area (Å²) >= 11 is 12.3. The van der Waals surface area contributed by atoms with Crippen molar-refractivity contribution < 1.29 is 0 Å². The van der Waals surface area contributed by atoms with Gasteiger partial charge in [0.25, 0.3) is 0 Å². The van der Waals surface area contributed by atoms with Crippen molar-refractivity contribution in [2.45, 2.75) is 6.42 Å². The molecule has 1 aliphatic heterocycles. The average Bonchev–Trinajstić information content (AvgIpc) is 3.05. The van der Waals surface area contributed by atoms with Gasteiger partial charge in [0.05, 0.1) is 15.7 Å². The summed E-state index contributed by atoms with van der Waals surface area (Å²) < 4.78 is 0. The van der Waals surface area contributed by atoms with Gasteiger partial charge in [0.2, 0.25) is 0 Å². The fraction of sp³-hybridized carbons (Fsp3) is 0.111. The number of nitrogen functional groups attached to an aromatic ring is 1. The van der Waals surface area contributed by atoms with Gasteiger partial charge in [-0.2, -0.15) is 0 Å². The fourth-order valence-electron chi connectivity index (χ4n) is 2.99. The average molecular weight is 372 g/mol. The molecule has 0 radical (unpaired) electrons. The Labute approximate surface area is 155 Å². The first-order valence-electron chi connectivity index (χ1n) is 7.82. The summed E-state index contributed by atoms with van der Waals surface area (Å²) in [5.41, 5.74) is 9.87. The molecule has 0 saturated heterocycles. The number of aromatic nitrogens is 2. The van der Waals surface area contributed by atoms with Crippen LogP contribution in [0.25, 0.3) is 0 Å². The van der Waals surface area contributed by atoms with Gasteiger partial charge in [-0.05, 0) is 30.2 Å². The summed E-state index contributed by atoms with van der Waals surface area (Å²) in [5, 5.41) is 4.04. The number of nitrogens with zero attached hydrogens (tertiary/aromatic N) is 3. The second-order valence-corrected chi connectivity index (χ2v) is 6.50. The second kappa shape index (κ2) is 6.43. The highest BCUT2D eigenvalue weighted by molar-refractivity contribution is 6.43. The first-order chi connectivity index (χ1) is 12.1. The minimum atomic E-state index is 0.426. The number of fused-ring (bicyclic) bond motifs is 1. The van der Waals surface area contributed by atoms with Crippen LogP contribution in [0.15, 0.2) is 48.8 Å². The number of rotatable bonds is 3. The molecule has 0 saturated carbocycles. The summed E-state index contributed by atoms with van der Waals surface area (Å²) in [5.74, 6) is 1.18. The number of halogens is 2. The summed E-state index contributed by atoms with van der Waals surface area (Å²) in [7, 11) is 0. The molecule has 7 heteroatoms. The van der Waals surface area contributed by atoms with Crippen LogP contribution < -0.4 is 16.0 Å². The van der Waals surface area contributed by atoms with Crippen molar-refractivity contribution in [1.29, 1.82) is 0 Å². The molecule has 0 atom stereocenters. The summed E-state index contributed by atoms with van der Waals surface area (Å²) in [6.07, 6.45) is 2.45. The summed E-state index contributed by atoms with van der Waals surface area (Å²) in [4.78, 5) is 10.8. The van der Waals surface area contributed by atoms with E-state index in [2.05, 4.69) is 32.3 Å². The van der Waals surface area contributed by atoms with E-state index in [9.17, 15) is 0 Å². The summed E-state index contributed by atoms with van der Waals surface area (Å²) in [6, 6.07) is 13.6. The van der Waals surface area contributed by atoms with Crippen LogP contribution in [-0.4, -0.2) is 16.5 Å². The number of benzene rings is 2. The quantitative estimate of drug-likeness (QED) is 0.691. The lowest BCUT2D eigenvalue weighted by atomic mass is 10.2. The van der Waals surface area contributed by atoms with Crippen molar-refractivity contribution in [3.63, 3.8) is 0 Å². The smallest absolute Gasteiger partial charge is 0.161 e. The molecule has 2 aromatic carbocycles. The van der Waals surface area contributed by atoms with Crippen LogP contribution in [0.3, 0.4) is 0 Å². The Hall–Kier alpha value is -2.50. The normalized spacial score (nSPS) is 13.0. The number of hydrogen-bond donors (Lipinski definition) is 2. The van der Waals surface area contributed by atoms with E-state index in [0.29, 0.717) is 33.1 Å². The predicted octanol–water partition coefficient (Wildman–Crippen LogP) is 4.80. The molecule has 3 aromatic rings. The molecular formula is C18H15Cl2N5. The molecular weight excluding hydrogens is 357 g/mol. The standard InChI is InChI=1S/C18H15Cl2N5/c19-12-5-3-6-13(15(12)20)24-17-16(21)18(23-10-22-17)25-9-8-11-4-1-2-7-14(11)25/h1-7,10H,8-9,21H2,(H,22,23,24). The molecule has 0 fully saturated rings. The van der Waals surface area contributed by atoms with Gasteiger partial charge in [0.1, 0.15) is 12.0 Å². The molecule has 0 aliphatic carbocycles. The van der Waals surface area contributed by atoms with Crippen LogP contribution in [-0.2, 0) is 6.42 Å². The van der Waals surface area contributed by atoms with Crippen LogP contribution in [0.2, 0.25) is 10.0 Å². The van der Waals surface area contributed by atoms with Crippen molar-refractivity contribution in [2.24, 2.45) is 0 Å². The highest BCUT2D eigenvalue weighted by atomic mass is 35.5. The molecule has 25 heavy (non-hydrogen) atoms. The maximum atomic E-state index is 6.35. The minimum absolute atomic E-state index is 0.426. The molecule has 0 amide bonds. The third-order valence-electron chi connectivity index (χ3n) is 4.21.